The number of anilines is 1. The second-order valence-corrected chi connectivity index (χ2v) is 4.03. The van der Waals surface area contributed by atoms with Gasteiger partial charge in [0.25, 0.3) is 0 Å². The van der Waals surface area contributed by atoms with Gasteiger partial charge in [-0.2, -0.15) is 13.2 Å². The normalized spacial score (nSPS) is 11.2. The average Bonchev–Trinajstić information content (AvgIpc) is 2.44. The third-order valence-corrected chi connectivity index (χ3v) is 2.37. The molecule has 0 amide bonds. The number of hydrogen-bond acceptors (Lipinski definition) is 4. The van der Waals surface area contributed by atoms with E-state index < -0.39 is 12.8 Å². The molecular formula is C13H12F3N3O. The van der Waals surface area contributed by atoms with Crippen molar-refractivity contribution in [2.24, 2.45) is 0 Å². The monoisotopic (exact) mass is 283 g/mol. The van der Waals surface area contributed by atoms with Gasteiger partial charge < -0.3 is 10.1 Å². The molecule has 0 saturated carbocycles. The molecule has 1 heterocycles. The standard InChI is InChI=1S/C13H12F3N3O/c14-13(15,16)8-20-12-3-1-11(2-4-12)19-7-10-5-17-9-18-6-10/h1-6,9,19H,7-8H2. The van der Waals surface area contributed by atoms with Crippen molar-refractivity contribution in [1.29, 1.82) is 0 Å². The lowest BCUT2D eigenvalue weighted by atomic mass is 10.3. The molecule has 106 valence electrons. The van der Waals surface area contributed by atoms with Gasteiger partial charge in [-0.1, -0.05) is 0 Å². The van der Waals surface area contributed by atoms with E-state index in [0.717, 1.165) is 11.3 Å². The summed E-state index contributed by atoms with van der Waals surface area (Å²) in [5, 5.41) is 3.10. The van der Waals surface area contributed by atoms with E-state index >= 15 is 0 Å². The van der Waals surface area contributed by atoms with Crippen molar-refractivity contribution in [3.05, 3.63) is 48.5 Å². The van der Waals surface area contributed by atoms with Gasteiger partial charge in [-0.3, -0.25) is 0 Å². The maximum atomic E-state index is 12.0. The first kappa shape index (κ1) is 14.1. The summed E-state index contributed by atoms with van der Waals surface area (Å²) in [4.78, 5) is 7.76. The predicted molar refractivity (Wildman–Crippen MR) is 67.4 cm³/mol. The van der Waals surface area contributed by atoms with Crippen molar-refractivity contribution in [3.8, 4) is 5.75 Å². The molecule has 0 bridgehead atoms. The van der Waals surface area contributed by atoms with Gasteiger partial charge in [0.15, 0.2) is 6.61 Å². The molecule has 4 nitrogen and oxygen atoms in total. The zero-order valence-corrected chi connectivity index (χ0v) is 10.4. The highest BCUT2D eigenvalue weighted by atomic mass is 19.4. The second-order valence-electron chi connectivity index (χ2n) is 4.03. The largest absolute Gasteiger partial charge is 0.484 e. The van der Waals surface area contributed by atoms with E-state index in [1.54, 1.807) is 24.5 Å². The van der Waals surface area contributed by atoms with E-state index in [9.17, 15) is 13.2 Å². The molecule has 1 aromatic carbocycles. The zero-order valence-electron chi connectivity index (χ0n) is 10.4. The van der Waals surface area contributed by atoms with Gasteiger partial charge in [0.2, 0.25) is 0 Å². The summed E-state index contributed by atoms with van der Waals surface area (Å²) in [6.07, 6.45) is 0.474. The number of benzene rings is 1. The van der Waals surface area contributed by atoms with Crippen LogP contribution in [0.3, 0.4) is 0 Å². The van der Waals surface area contributed by atoms with E-state index in [-0.39, 0.29) is 5.75 Å². The van der Waals surface area contributed by atoms with Crippen LogP contribution >= 0.6 is 0 Å². The van der Waals surface area contributed by atoms with E-state index in [2.05, 4.69) is 20.0 Å². The summed E-state index contributed by atoms with van der Waals surface area (Å²) < 4.78 is 40.6. The van der Waals surface area contributed by atoms with E-state index in [1.807, 2.05) is 0 Å². The topological polar surface area (TPSA) is 47.0 Å². The summed E-state index contributed by atoms with van der Waals surface area (Å²) >= 11 is 0. The minimum absolute atomic E-state index is 0.177. The third kappa shape index (κ3) is 4.75. The van der Waals surface area contributed by atoms with Gasteiger partial charge in [-0.05, 0) is 24.3 Å². The molecule has 0 spiro atoms. The summed E-state index contributed by atoms with van der Waals surface area (Å²) in [5.41, 5.74) is 1.68. The second kappa shape index (κ2) is 6.23. The first-order valence-corrected chi connectivity index (χ1v) is 5.80. The van der Waals surface area contributed by atoms with E-state index in [1.165, 1.54) is 18.5 Å². The SMILES string of the molecule is FC(F)(F)COc1ccc(NCc2cncnc2)cc1. The number of nitrogens with zero attached hydrogens (tertiary/aromatic N) is 2. The molecular weight excluding hydrogens is 271 g/mol. The summed E-state index contributed by atoms with van der Waals surface area (Å²) in [6, 6.07) is 6.26. The Hall–Kier alpha value is -2.31. The molecule has 0 unspecified atom stereocenters. The quantitative estimate of drug-likeness (QED) is 0.916. The fourth-order valence-corrected chi connectivity index (χ4v) is 1.46. The van der Waals surface area contributed by atoms with Crippen LogP contribution in [0, 0.1) is 0 Å². The Bertz CT molecular complexity index is 529. The fourth-order valence-electron chi connectivity index (χ4n) is 1.46. The molecule has 0 atom stereocenters. The van der Waals surface area contributed by atoms with Crippen molar-refractivity contribution >= 4 is 5.69 Å². The van der Waals surface area contributed by atoms with Crippen LogP contribution < -0.4 is 10.1 Å². The van der Waals surface area contributed by atoms with Gasteiger partial charge in [0.05, 0.1) is 0 Å². The number of alkyl halides is 3. The van der Waals surface area contributed by atoms with Gasteiger partial charge in [0, 0.05) is 30.2 Å². The van der Waals surface area contributed by atoms with Crippen LogP contribution in [-0.4, -0.2) is 22.8 Å². The lowest BCUT2D eigenvalue weighted by molar-refractivity contribution is -0.153. The Labute approximate surface area is 113 Å². The predicted octanol–water partition coefficient (Wildman–Crippen LogP) is 3.03. The first-order chi connectivity index (χ1) is 9.53. The molecule has 1 N–H and O–H groups in total. The third-order valence-electron chi connectivity index (χ3n) is 2.37. The molecule has 0 radical (unpaired) electrons. The fraction of sp³-hybridized carbons (Fsp3) is 0.231. The Morgan fingerprint density at radius 3 is 2.30 bits per heavy atom. The van der Waals surface area contributed by atoms with Crippen LogP contribution in [0.5, 0.6) is 5.75 Å². The van der Waals surface area contributed by atoms with Crippen molar-refractivity contribution in [2.75, 3.05) is 11.9 Å². The van der Waals surface area contributed by atoms with Crippen LogP contribution in [-0.2, 0) is 6.54 Å². The number of ether oxygens (including phenoxy) is 1. The molecule has 20 heavy (non-hydrogen) atoms. The Morgan fingerprint density at radius 1 is 1.05 bits per heavy atom. The van der Waals surface area contributed by atoms with Crippen molar-refractivity contribution in [3.63, 3.8) is 0 Å². The number of hydrogen-bond donors (Lipinski definition) is 1. The van der Waals surface area contributed by atoms with E-state index in [0.29, 0.717) is 6.54 Å². The van der Waals surface area contributed by atoms with Crippen molar-refractivity contribution in [1.82, 2.24) is 9.97 Å². The minimum atomic E-state index is -4.33. The Kier molecular flexibility index (Phi) is 4.39. The molecule has 2 rings (SSSR count). The number of rotatable bonds is 5. The van der Waals surface area contributed by atoms with Gasteiger partial charge in [0.1, 0.15) is 12.1 Å². The smallest absolute Gasteiger partial charge is 0.422 e. The van der Waals surface area contributed by atoms with Gasteiger partial charge in [-0.15, -0.1) is 0 Å². The maximum Gasteiger partial charge on any atom is 0.422 e. The number of halogens is 3. The average molecular weight is 283 g/mol. The highest BCUT2D eigenvalue weighted by Crippen LogP contribution is 2.20. The van der Waals surface area contributed by atoms with E-state index in [4.69, 9.17) is 0 Å². The minimum Gasteiger partial charge on any atom is -0.484 e. The van der Waals surface area contributed by atoms with Crippen LogP contribution in [0.2, 0.25) is 0 Å². The van der Waals surface area contributed by atoms with Crippen LogP contribution in [0.15, 0.2) is 43.0 Å². The zero-order chi connectivity index (χ0) is 14.4. The highest BCUT2D eigenvalue weighted by Gasteiger charge is 2.28. The maximum absolute atomic E-state index is 12.0. The molecule has 1 aromatic heterocycles. The molecule has 7 heteroatoms. The highest BCUT2D eigenvalue weighted by molar-refractivity contribution is 5.46. The number of aromatic nitrogens is 2. The van der Waals surface area contributed by atoms with Crippen LogP contribution in [0.1, 0.15) is 5.56 Å². The first-order valence-electron chi connectivity index (χ1n) is 5.80. The van der Waals surface area contributed by atoms with Gasteiger partial charge in [-0.25, -0.2) is 9.97 Å². The Balaban J connectivity index is 1.85. The molecule has 0 aliphatic heterocycles. The van der Waals surface area contributed by atoms with Crippen LogP contribution in [0.4, 0.5) is 18.9 Å². The summed E-state index contributed by atoms with van der Waals surface area (Å²) in [7, 11) is 0. The summed E-state index contributed by atoms with van der Waals surface area (Å²) in [5.74, 6) is 0.177. The van der Waals surface area contributed by atoms with Crippen molar-refractivity contribution < 1.29 is 17.9 Å². The molecule has 0 aliphatic carbocycles. The molecule has 0 fully saturated rings. The molecule has 0 aliphatic rings. The molecule has 0 saturated heterocycles. The lowest BCUT2D eigenvalue weighted by Crippen LogP contribution is -2.19. The number of nitrogens with one attached hydrogen (secondary N) is 1. The van der Waals surface area contributed by atoms with Gasteiger partial charge >= 0.3 is 6.18 Å². The van der Waals surface area contributed by atoms with Crippen molar-refractivity contribution in [2.45, 2.75) is 12.7 Å². The molecule has 2 aromatic rings. The van der Waals surface area contributed by atoms with Crippen LogP contribution in [0.25, 0.3) is 0 Å². The summed E-state index contributed by atoms with van der Waals surface area (Å²) in [6.45, 7) is -0.759. The lowest BCUT2D eigenvalue weighted by Gasteiger charge is -2.10. The Morgan fingerprint density at radius 2 is 1.70 bits per heavy atom.